The molecule has 1 N–H and O–H groups in total. The van der Waals surface area contributed by atoms with E-state index in [2.05, 4.69) is 13.8 Å². The Kier molecular flexibility index (Phi) is 29.8. The monoisotopic (exact) mass is 612 g/mol. The minimum atomic E-state index is -1.09. The van der Waals surface area contributed by atoms with Gasteiger partial charge in [0.05, 0.1) is 12.8 Å². The molecule has 0 saturated heterocycles. The van der Waals surface area contributed by atoms with Gasteiger partial charge in [-0.3, -0.25) is 19.2 Å². The molecule has 0 radical (unpaired) electrons. The van der Waals surface area contributed by atoms with Crippen LogP contribution in [0.2, 0.25) is 0 Å². The summed E-state index contributed by atoms with van der Waals surface area (Å²) in [5.41, 5.74) is 0. The molecule has 0 amide bonds. The second-order valence-corrected chi connectivity index (χ2v) is 11.9. The first-order chi connectivity index (χ1) is 20.9. The number of hydrogen-bond donors (Lipinski definition) is 1. The fraction of sp³-hybridized carbons (Fsp3) is 0.886. The molecule has 1 atom stereocenters. The molecule has 252 valence electrons. The molecule has 0 spiro atoms. The Balaban J connectivity index is 4.21. The van der Waals surface area contributed by atoms with Crippen LogP contribution < -0.4 is 0 Å². The summed E-state index contributed by atoms with van der Waals surface area (Å²) in [5.74, 6) is -2.56. The van der Waals surface area contributed by atoms with Gasteiger partial charge < -0.3 is 19.3 Å². The second-order valence-electron chi connectivity index (χ2n) is 11.9. The van der Waals surface area contributed by atoms with Crippen molar-refractivity contribution in [1.82, 2.24) is 0 Å². The number of carbonyl (C=O) groups excluding carboxylic acids is 3. The highest BCUT2D eigenvalue weighted by Gasteiger charge is 2.20. The van der Waals surface area contributed by atoms with Crippen molar-refractivity contribution in [2.24, 2.45) is 0 Å². The number of esters is 3. The fourth-order valence-corrected chi connectivity index (χ4v) is 4.95. The molecule has 8 heteroatoms. The molecule has 0 aliphatic rings. The first-order valence-electron chi connectivity index (χ1n) is 17.6. The lowest BCUT2D eigenvalue weighted by molar-refractivity contribution is -0.167. The van der Waals surface area contributed by atoms with Crippen molar-refractivity contribution in [2.45, 2.75) is 187 Å². The Hall–Kier alpha value is -2.12. The largest absolute Gasteiger partial charge is 0.481 e. The van der Waals surface area contributed by atoms with Gasteiger partial charge in [0.15, 0.2) is 6.10 Å². The van der Waals surface area contributed by atoms with Crippen molar-refractivity contribution < 1.29 is 38.5 Å². The molecule has 8 nitrogen and oxygen atoms in total. The van der Waals surface area contributed by atoms with E-state index in [1.165, 1.54) is 103 Å². The quantitative estimate of drug-likeness (QED) is 0.0454. The van der Waals surface area contributed by atoms with Crippen molar-refractivity contribution in [3.8, 4) is 0 Å². The molecular weight excluding hydrogens is 548 g/mol. The maximum absolute atomic E-state index is 12.4. The van der Waals surface area contributed by atoms with Gasteiger partial charge in [-0.2, -0.15) is 0 Å². The smallest absolute Gasteiger partial charge is 0.306 e. The SMILES string of the molecule is CCCCCCCCCCCCCC(=O)OCC(COC(=O)CCC(=O)O)OC(=O)CCCCCCCCCCCCC. The summed E-state index contributed by atoms with van der Waals surface area (Å²) in [4.78, 5) is 47.2. The van der Waals surface area contributed by atoms with Crippen molar-refractivity contribution in [2.75, 3.05) is 13.2 Å². The molecule has 0 aromatic rings. The van der Waals surface area contributed by atoms with Gasteiger partial charge in [0, 0.05) is 12.8 Å². The molecular formula is C35H64O8. The molecule has 0 fully saturated rings. The third-order valence-corrected chi connectivity index (χ3v) is 7.67. The maximum Gasteiger partial charge on any atom is 0.306 e. The van der Waals surface area contributed by atoms with Crippen molar-refractivity contribution in [1.29, 1.82) is 0 Å². The second kappa shape index (κ2) is 31.3. The average molecular weight is 613 g/mol. The zero-order chi connectivity index (χ0) is 31.8. The number of ether oxygens (including phenoxy) is 3. The van der Waals surface area contributed by atoms with Crippen LogP contribution in [0, 0.1) is 0 Å². The molecule has 43 heavy (non-hydrogen) atoms. The topological polar surface area (TPSA) is 116 Å². The predicted octanol–water partition coefficient (Wildman–Crippen LogP) is 9.25. The van der Waals surface area contributed by atoms with Gasteiger partial charge in [0.1, 0.15) is 13.2 Å². The Labute approximate surface area is 262 Å². The number of unbranched alkanes of at least 4 members (excludes halogenated alkanes) is 20. The molecule has 1 unspecified atom stereocenters. The third-order valence-electron chi connectivity index (χ3n) is 7.67. The number of rotatable bonds is 32. The molecule has 0 bridgehead atoms. The van der Waals surface area contributed by atoms with E-state index in [9.17, 15) is 19.2 Å². The Morgan fingerprint density at radius 1 is 0.442 bits per heavy atom. The van der Waals surface area contributed by atoms with Crippen LogP contribution in [0.15, 0.2) is 0 Å². The Morgan fingerprint density at radius 3 is 1.14 bits per heavy atom. The summed E-state index contributed by atoms with van der Waals surface area (Å²) in [7, 11) is 0. The first kappa shape index (κ1) is 40.9. The van der Waals surface area contributed by atoms with E-state index in [-0.39, 0.29) is 38.4 Å². The lowest BCUT2D eigenvalue weighted by atomic mass is 10.1. The van der Waals surface area contributed by atoms with E-state index < -0.39 is 24.0 Å². The van der Waals surface area contributed by atoms with Crippen molar-refractivity contribution >= 4 is 23.9 Å². The van der Waals surface area contributed by atoms with E-state index in [0.717, 1.165) is 38.5 Å². The lowest BCUT2D eigenvalue weighted by Gasteiger charge is -2.18. The molecule has 0 aliphatic carbocycles. The van der Waals surface area contributed by atoms with Crippen molar-refractivity contribution in [3.63, 3.8) is 0 Å². The molecule has 0 aliphatic heterocycles. The van der Waals surface area contributed by atoms with Gasteiger partial charge >= 0.3 is 23.9 Å². The van der Waals surface area contributed by atoms with Gasteiger partial charge in [0.25, 0.3) is 0 Å². The zero-order valence-electron chi connectivity index (χ0n) is 27.7. The van der Waals surface area contributed by atoms with Crippen LogP contribution in [0.3, 0.4) is 0 Å². The number of carboxylic acid groups (broad SMARTS) is 1. The van der Waals surface area contributed by atoms with Crippen LogP contribution in [0.5, 0.6) is 0 Å². The highest BCUT2D eigenvalue weighted by molar-refractivity contribution is 5.76. The van der Waals surface area contributed by atoms with Crippen molar-refractivity contribution in [3.05, 3.63) is 0 Å². The standard InChI is InChI=1S/C35H64O8/c1-3-5-7-9-11-13-15-17-19-21-23-25-33(38)41-29-31(30-42-34(39)28-27-32(36)37)43-35(40)26-24-22-20-18-16-14-12-10-8-6-4-2/h31H,3-30H2,1-2H3,(H,36,37). The highest BCUT2D eigenvalue weighted by atomic mass is 16.6. The Morgan fingerprint density at radius 2 is 0.767 bits per heavy atom. The number of hydrogen-bond acceptors (Lipinski definition) is 7. The van der Waals surface area contributed by atoms with Gasteiger partial charge in [-0.25, -0.2) is 0 Å². The zero-order valence-corrected chi connectivity index (χ0v) is 27.7. The molecule has 0 aromatic heterocycles. The maximum atomic E-state index is 12.4. The van der Waals surface area contributed by atoms with Crippen LogP contribution in [0.4, 0.5) is 0 Å². The van der Waals surface area contributed by atoms with E-state index in [0.29, 0.717) is 6.42 Å². The van der Waals surface area contributed by atoms with Crippen LogP contribution in [0.25, 0.3) is 0 Å². The van der Waals surface area contributed by atoms with Crippen LogP contribution in [-0.4, -0.2) is 48.3 Å². The number of carbonyl (C=O) groups is 4. The van der Waals surface area contributed by atoms with Gasteiger partial charge in [-0.05, 0) is 12.8 Å². The molecule has 0 rings (SSSR count). The Bertz CT molecular complexity index is 693. The van der Waals surface area contributed by atoms with E-state index in [1.807, 2.05) is 0 Å². The summed E-state index contributed by atoms with van der Waals surface area (Å²) < 4.78 is 15.9. The van der Waals surface area contributed by atoms with E-state index in [4.69, 9.17) is 19.3 Å². The average Bonchev–Trinajstić information content (AvgIpc) is 2.98. The van der Waals surface area contributed by atoms with Gasteiger partial charge in [-0.1, -0.05) is 142 Å². The molecule has 0 heterocycles. The molecule has 0 aromatic carbocycles. The highest BCUT2D eigenvalue weighted by Crippen LogP contribution is 2.14. The predicted molar refractivity (Wildman–Crippen MR) is 171 cm³/mol. The third kappa shape index (κ3) is 31.1. The summed E-state index contributed by atoms with van der Waals surface area (Å²) in [6.07, 6.45) is 25.2. The van der Waals surface area contributed by atoms with Crippen LogP contribution in [0.1, 0.15) is 181 Å². The van der Waals surface area contributed by atoms with Gasteiger partial charge in [-0.15, -0.1) is 0 Å². The minimum Gasteiger partial charge on any atom is -0.481 e. The first-order valence-corrected chi connectivity index (χ1v) is 17.6. The summed E-state index contributed by atoms with van der Waals surface area (Å²) in [6, 6.07) is 0. The van der Waals surface area contributed by atoms with E-state index >= 15 is 0 Å². The molecule has 0 saturated carbocycles. The van der Waals surface area contributed by atoms with E-state index in [1.54, 1.807) is 0 Å². The van der Waals surface area contributed by atoms with Crippen LogP contribution in [-0.2, 0) is 33.4 Å². The summed E-state index contributed by atoms with van der Waals surface area (Å²) >= 11 is 0. The number of carboxylic acids is 1. The lowest BCUT2D eigenvalue weighted by Crippen LogP contribution is -2.31. The fourth-order valence-electron chi connectivity index (χ4n) is 4.95. The summed E-state index contributed by atoms with van der Waals surface area (Å²) in [5, 5.41) is 8.75. The number of aliphatic carboxylic acids is 1. The summed E-state index contributed by atoms with van der Waals surface area (Å²) in [6.45, 7) is 4.00. The normalized spacial score (nSPS) is 11.7. The minimum absolute atomic E-state index is 0.187. The van der Waals surface area contributed by atoms with Gasteiger partial charge in [0.2, 0.25) is 0 Å². The van der Waals surface area contributed by atoms with Crippen LogP contribution >= 0.6 is 0 Å².